The van der Waals surface area contributed by atoms with Crippen LogP contribution in [0.2, 0.25) is 0 Å². The van der Waals surface area contributed by atoms with E-state index < -0.39 is 18.6 Å². The molecule has 0 heterocycles. The molecule has 0 aliphatic heterocycles. The molecule has 0 spiro atoms. The fourth-order valence-electron chi connectivity index (χ4n) is 1.88. The van der Waals surface area contributed by atoms with Gasteiger partial charge in [0, 0.05) is 12.6 Å². The van der Waals surface area contributed by atoms with Crippen molar-refractivity contribution in [3.05, 3.63) is 59.4 Å². The fourth-order valence-corrected chi connectivity index (χ4v) is 1.88. The average molecular weight is 329 g/mol. The van der Waals surface area contributed by atoms with Gasteiger partial charge in [0.15, 0.2) is 6.61 Å². The van der Waals surface area contributed by atoms with Crippen LogP contribution in [0.25, 0.3) is 0 Å². The van der Waals surface area contributed by atoms with Crippen LogP contribution in [-0.2, 0) is 13.2 Å². The lowest BCUT2D eigenvalue weighted by atomic mass is 10.1. The lowest BCUT2D eigenvalue weighted by Crippen LogP contribution is -2.19. The Morgan fingerprint density at radius 3 is 2.26 bits per heavy atom. The first-order valence-corrected chi connectivity index (χ1v) is 6.79. The highest BCUT2D eigenvalue weighted by Crippen LogP contribution is 2.28. The average Bonchev–Trinajstić information content (AvgIpc) is 2.52. The Morgan fingerprint density at radius 2 is 1.65 bits per heavy atom. The molecule has 7 heteroatoms. The molecule has 0 amide bonds. The third-order valence-corrected chi connectivity index (χ3v) is 3.02. The standard InChI is InChI=1S/C16H15F4NO2/c17-13-5-6-14(15(7-13)23-10-16(18,19)20)21-8-11-1-3-12(9-22)4-2-11/h1-7,21-22H,8-10H2. The number of benzene rings is 2. The molecule has 0 radical (unpaired) electrons. The number of nitrogens with one attached hydrogen (secondary N) is 1. The van der Waals surface area contributed by atoms with Crippen molar-refractivity contribution in [2.45, 2.75) is 19.3 Å². The molecular weight excluding hydrogens is 314 g/mol. The van der Waals surface area contributed by atoms with Crippen molar-refractivity contribution in [1.82, 2.24) is 0 Å². The predicted molar refractivity (Wildman–Crippen MR) is 77.6 cm³/mol. The number of aliphatic hydroxyl groups excluding tert-OH is 1. The Balaban J connectivity index is 2.06. The van der Waals surface area contributed by atoms with Crippen LogP contribution in [-0.4, -0.2) is 17.9 Å². The van der Waals surface area contributed by atoms with Gasteiger partial charge in [0.25, 0.3) is 0 Å². The second-order valence-electron chi connectivity index (χ2n) is 4.87. The van der Waals surface area contributed by atoms with Crippen LogP contribution in [0.1, 0.15) is 11.1 Å². The first kappa shape index (κ1) is 17.1. The lowest BCUT2D eigenvalue weighted by Gasteiger charge is -2.15. The van der Waals surface area contributed by atoms with Crippen molar-refractivity contribution >= 4 is 5.69 Å². The van der Waals surface area contributed by atoms with Gasteiger partial charge < -0.3 is 15.2 Å². The molecule has 0 aliphatic rings. The van der Waals surface area contributed by atoms with Crippen molar-refractivity contribution in [3.8, 4) is 5.75 Å². The summed E-state index contributed by atoms with van der Waals surface area (Å²) in [7, 11) is 0. The van der Waals surface area contributed by atoms with E-state index in [1.54, 1.807) is 24.3 Å². The molecule has 2 aromatic rings. The van der Waals surface area contributed by atoms with Gasteiger partial charge in [-0.15, -0.1) is 0 Å². The van der Waals surface area contributed by atoms with Crippen molar-refractivity contribution in [2.24, 2.45) is 0 Å². The smallest absolute Gasteiger partial charge is 0.422 e. The number of hydrogen-bond donors (Lipinski definition) is 2. The summed E-state index contributed by atoms with van der Waals surface area (Å²) in [4.78, 5) is 0. The molecule has 23 heavy (non-hydrogen) atoms. The molecule has 2 aromatic carbocycles. The van der Waals surface area contributed by atoms with Crippen molar-refractivity contribution < 1.29 is 27.4 Å². The number of anilines is 1. The minimum atomic E-state index is -4.50. The van der Waals surface area contributed by atoms with E-state index in [0.717, 1.165) is 23.3 Å². The molecule has 3 nitrogen and oxygen atoms in total. The highest BCUT2D eigenvalue weighted by atomic mass is 19.4. The summed E-state index contributed by atoms with van der Waals surface area (Å²) in [6, 6.07) is 10.4. The van der Waals surface area contributed by atoms with E-state index in [9.17, 15) is 17.6 Å². The van der Waals surface area contributed by atoms with E-state index in [4.69, 9.17) is 5.11 Å². The van der Waals surface area contributed by atoms with Crippen LogP contribution < -0.4 is 10.1 Å². The van der Waals surface area contributed by atoms with E-state index in [1.165, 1.54) is 6.07 Å². The first-order valence-electron chi connectivity index (χ1n) is 6.79. The third-order valence-electron chi connectivity index (χ3n) is 3.02. The summed E-state index contributed by atoms with van der Waals surface area (Å²) in [5.41, 5.74) is 1.87. The third kappa shape index (κ3) is 5.45. The highest BCUT2D eigenvalue weighted by Gasteiger charge is 2.28. The number of ether oxygens (including phenoxy) is 1. The van der Waals surface area contributed by atoms with Gasteiger partial charge in [0.2, 0.25) is 0 Å². The zero-order valence-corrected chi connectivity index (χ0v) is 12.0. The topological polar surface area (TPSA) is 41.5 Å². The Hall–Kier alpha value is -2.28. The maximum atomic E-state index is 13.2. The second kappa shape index (κ2) is 7.32. The van der Waals surface area contributed by atoms with Gasteiger partial charge >= 0.3 is 6.18 Å². The minimum Gasteiger partial charge on any atom is -0.482 e. The summed E-state index contributed by atoms with van der Waals surface area (Å²) in [6.07, 6.45) is -4.50. The second-order valence-corrected chi connectivity index (χ2v) is 4.87. The van der Waals surface area contributed by atoms with Gasteiger partial charge in [0.1, 0.15) is 11.6 Å². The number of rotatable bonds is 6. The monoisotopic (exact) mass is 329 g/mol. The van der Waals surface area contributed by atoms with Gasteiger partial charge in [-0.25, -0.2) is 4.39 Å². The highest BCUT2D eigenvalue weighted by molar-refractivity contribution is 5.56. The summed E-state index contributed by atoms with van der Waals surface area (Å²) in [6.45, 7) is -1.24. The maximum Gasteiger partial charge on any atom is 0.422 e. The van der Waals surface area contributed by atoms with Gasteiger partial charge in [-0.3, -0.25) is 0 Å². The predicted octanol–water partition coefficient (Wildman–Crippen LogP) is 3.87. The fraction of sp³-hybridized carbons (Fsp3) is 0.250. The van der Waals surface area contributed by atoms with E-state index in [2.05, 4.69) is 10.1 Å². The van der Waals surface area contributed by atoms with Gasteiger partial charge in [-0.2, -0.15) is 13.2 Å². The summed E-state index contributed by atoms with van der Waals surface area (Å²) < 4.78 is 54.6. The summed E-state index contributed by atoms with van der Waals surface area (Å²) in [5.74, 6) is -0.880. The molecule has 0 unspecified atom stereocenters. The molecule has 0 bridgehead atoms. The minimum absolute atomic E-state index is 0.0684. The molecule has 2 rings (SSSR count). The van der Waals surface area contributed by atoms with Crippen molar-refractivity contribution in [2.75, 3.05) is 11.9 Å². The Morgan fingerprint density at radius 1 is 1.00 bits per heavy atom. The molecule has 124 valence electrons. The Kier molecular flexibility index (Phi) is 5.44. The molecular formula is C16H15F4NO2. The molecule has 0 saturated carbocycles. The Bertz CT molecular complexity index is 642. The number of aliphatic hydroxyl groups is 1. The number of halogens is 4. The largest absolute Gasteiger partial charge is 0.482 e. The molecule has 0 saturated heterocycles. The van der Waals surface area contributed by atoms with Crippen molar-refractivity contribution in [3.63, 3.8) is 0 Å². The van der Waals surface area contributed by atoms with E-state index >= 15 is 0 Å². The zero-order chi connectivity index (χ0) is 16.9. The van der Waals surface area contributed by atoms with Crippen LogP contribution in [0, 0.1) is 5.82 Å². The summed E-state index contributed by atoms with van der Waals surface area (Å²) >= 11 is 0. The van der Waals surface area contributed by atoms with Crippen LogP contribution in [0.15, 0.2) is 42.5 Å². The summed E-state index contributed by atoms with van der Waals surface area (Å²) in [5, 5.41) is 11.9. The first-order chi connectivity index (χ1) is 10.9. The van der Waals surface area contributed by atoms with E-state index in [1.807, 2.05) is 0 Å². The molecule has 2 N–H and O–H groups in total. The van der Waals surface area contributed by atoms with Gasteiger partial charge in [-0.05, 0) is 23.3 Å². The van der Waals surface area contributed by atoms with Crippen molar-refractivity contribution in [1.29, 1.82) is 0 Å². The van der Waals surface area contributed by atoms with E-state index in [0.29, 0.717) is 6.54 Å². The quantitative estimate of drug-likeness (QED) is 0.791. The number of hydrogen-bond acceptors (Lipinski definition) is 3. The van der Waals surface area contributed by atoms with Gasteiger partial charge in [0.05, 0.1) is 12.3 Å². The van der Waals surface area contributed by atoms with Crippen LogP contribution in [0.4, 0.5) is 23.2 Å². The zero-order valence-electron chi connectivity index (χ0n) is 12.0. The molecule has 0 aliphatic carbocycles. The SMILES string of the molecule is OCc1ccc(CNc2ccc(F)cc2OCC(F)(F)F)cc1. The maximum absolute atomic E-state index is 13.2. The van der Waals surface area contributed by atoms with Crippen LogP contribution >= 0.6 is 0 Å². The normalized spacial score (nSPS) is 11.3. The van der Waals surface area contributed by atoms with Gasteiger partial charge in [-0.1, -0.05) is 24.3 Å². The van der Waals surface area contributed by atoms with Crippen LogP contribution in [0.5, 0.6) is 5.75 Å². The van der Waals surface area contributed by atoms with Crippen LogP contribution in [0.3, 0.4) is 0 Å². The van der Waals surface area contributed by atoms with E-state index in [-0.39, 0.29) is 18.0 Å². The Labute approximate surface area is 130 Å². The molecule has 0 aromatic heterocycles. The molecule has 0 fully saturated rings. The number of alkyl halides is 3. The molecule has 0 atom stereocenters. The lowest BCUT2D eigenvalue weighted by molar-refractivity contribution is -0.153.